The van der Waals surface area contributed by atoms with E-state index in [2.05, 4.69) is 14.8 Å². The Bertz CT molecular complexity index is 1380. The normalized spacial score (nSPS) is 21.7. The lowest BCUT2D eigenvalue weighted by molar-refractivity contribution is -0.142. The van der Waals surface area contributed by atoms with Gasteiger partial charge in [0, 0.05) is 12.6 Å². The fraction of sp³-hybridized carbons (Fsp3) is 0.423. The summed E-state index contributed by atoms with van der Waals surface area (Å²) >= 11 is 0. The molecule has 0 aliphatic carbocycles. The van der Waals surface area contributed by atoms with Gasteiger partial charge in [-0.15, -0.1) is 0 Å². The minimum Gasteiger partial charge on any atom is -0.468 e. The zero-order chi connectivity index (χ0) is 29.3. The summed E-state index contributed by atoms with van der Waals surface area (Å²) in [7, 11) is -3.00. The van der Waals surface area contributed by atoms with E-state index >= 15 is 0 Å². The summed E-state index contributed by atoms with van der Waals surface area (Å²) in [6.07, 6.45) is 2.82. The van der Waals surface area contributed by atoms with Gasteiger partial charge >= 0.3 is 19.4 Å². The molecule has 1 saturated heterocycles. The Hall–Kier alpha value is -3.35. The van der Waals surface area contributed by atoms with E-state index in [1.807, 2.05) is 0 Å². The van der Waals surface area contributed by atoms with Crippen LogP contribution >= 0.6 is 7.75 Å². The third-order valence-electron chi connectivity index (χ3n) is 5.98. The maximum absolute atomic E-state index is 13.5. The number of esters is 1. The second-order valence-electron chi connectivity index (χ2n) is 9.15. The molecule has 3 rings (SSSR count). The van der Waals surface area contributed by atoms with Crippen LogP contribution in [0.2, 0.25) is 0 Å². The average Bonchev–Trinajstić information content (AvgIpc) is 3.30. The molecule has 1 fully saturated rings. The summed E-state index contributed by atoms with van der Waals surface area (Å²) in [4.78, 5) is 38.9. The second-order valence-corrected chi connectivity index (χ2v) is 10.8. The molecule has 0 amide bonds. The lowest BCUT2D eigenvalue weighted by atomic mass is 10.1. The summed E-state index contributed by atoms with van der Waals surface area (Å²) in [5.74, 6) is -0.494. The maximum Gasteiger partial charge on any atom is 0.459 e. The Morgan fingerprint density at radius 1 is 1.35 bits per heavy atom. The highest BCUT2D eigenvalue weighted by molar-refractivity contribution is 7.52. The number of carbonyl (C=O) groups is 1. The van der Waals surface area contributed by atoms with Gasteiger partial charge in [-0.25, -0.2) is 13.8 Å². The molecule has 1 aliphatic rings. The van der Waals surface area contributed by atoms with Gasteiger partial charge in [0.1, 0.15) is 24.1 Å². The molecule has 0 radical (unpaired) electrons. The highest BCUT2D eigenvalue weighted by Crippen LogP contribution is 2.45. The van der Waals surface area contributed by atoms with Gasteiger partial charge in [-0.3, -0.25) is 23.7 Å². The van der Waals surface area contributed by atoms with Gasteiger partial charge in [0.2, 0.25) is 0 Å². The van der Waals surface area contributed by atoms with Gasteiger partial charge in [-0.1, -0.05) is 30.4 Å². The SMILES string of the molecule is COC(=O)[C@H](C)NP(=O)(OCC1OC(n2cc(/C=C/CC/C(C)=C\F)c(=O)[nH]c2=O)CC1O)Oc1ccccc1. The lowest BCUT2D eigenvalue weighted by Gasteiger charge is -2.24. The van der Waals surface area contributed by atoms with Crippen molar-refractivity contribution in [2.24, 2.45) is 0 Å². The predicted octanol–water partition coefficient (Wildman–Crippen LogP) is 3.21. The Kier molecular flexibility index (Phi) is 11.2. The number of ether oxygens (including phenoxy) is 2. The topological polar surface area (TPSA) is 158 Å². The summed E-state index contributed by atoms with van der Waals surface area (Å²) in [5.41, 5.74) is -0.637. The Morgan fingerprint density at radius 3 is 2.75 bits per heavy atom. The van der Waals surface area contributed by atoms with E-state index in [9.17, 15) is 28.4 Å². The van der Waals surface area contributed by atoms with Crippen molar-refractivity contribution < 1.29 is 37.4 Å². The maximum atomic E-state index is 13.5. The minimum atomic E-state index is -4.18. The van der Waals surface area contributed by atoms with Crippen LogP contribution in [0.4, 0.5) is 4.39 Å². The number of hydrogen-bond donors (Lipinski definition) is 3. The van der Waals surface area contributed by atoms with Crippen LogP contribution in [0.5, 0.6) is 5.75 Å². The Labute approximate surface area is 230 Å². The third-order valence-corrected chi connectivity index (χ3v) is 7.63. The second kappa shape index (κ2) is 14.3. The number of allylic oxidation sites excluding steroid dienone is 2. The molecule has 2 heterocycles. The van der Waals surface area contributed by atoms with Crippen LogP contribution < -0.4 is 20.9 Å². The van der Waals surface area contributed by atoms with E-state index in [-0.39, 0.29) is 17.7 Å². The molecule has 0 bridgehead atoms. The number of aromatic amines is 1. The van der Waals surface area contributed by atoms with Crippen molar-refractivity contribution in [3.8, 4) is 5.75 Å². The zero-order valence-corrected chi connectivity index (χ0v) is 23.2. The number of carbonyl (C=O) groups excluding carboxylic acids is 1. The fourth-order valence-electron chi connectivity index (χ4n) is 3.79. The number of aliphatic hydroxyl groups is 1. The summed E-state index contributed by atoms with van der Waals surface area (Å²) in [6, 6.07) is 7.09. The molecule has 4 unspecified atom stereocenters. The number of aliphatic hydroxyl groups excluding tert-OH is 1. The highest BCUT2D eigenvalue weighted by atomic mass is 31.2. The monoisotopic (exact) mass is 581 g/mol. The third kappa shape index (κ3) is 8.57. The number of para-hydroxylation sites is 1. The van der Waals surface area contributed by atoms with Crippen molar-refractivity contribution in [2.75, 3.05) is 13.7 Å². The predicted molar refractivity (Wildman–Crippen MR) is 144 cm³/mol. The minimum absolute atomic E-state index is 0.0283. The van der Waals surface area contributed by atoms with E-state index in [1.165, 1.54) is 26.3 Å². The van der Waals surface area contributed by atoms with Crippen LogP contribution in [0.1, 0.15) is 44.9 Å². The van der Waals surface area contributed by atoms with E-state index in [1.54, 1.807) is 43.3 Å². The number of halogens is 1. The first-order valence-corrected chi connectivity index (χ1v) is 14.1. The van der Waals surface area contributed by atoms with E-state index in [4.69, 9.17) is 13.8 Å². The number of H-pyrrole nitrogens is 1. The van der Waals surface area contributed by atoms with E-state index in [0.29, 0.717) is 24.7 Å². The molecule has 3 N–H and O–H groups in total. The molecule has 1 aliphatic heterocycles. The molecule has 5 atom stereocenters. The van der Waals surface area contributed by atoms with Crippen LogP contribution in [0.15, 0.2) is 64.1 Å². The summed E-state index contributed by atoms with van der Waals surface area (Å²) in [5, 5.41) is 13.1. The molecule has 1 aromatic carbocycles. The smallest absolute Gasteiger partial charge is 0.459 e. The van der Waals surface area contributed by atoms with Gasteiger partial charge in [0.25, 0.3) is 5.56 Å². The molecular formula is C26H33FN3O9P. The number of aromatic nitrogens is 2. The van der Waals surface area contributed by atoms with Crippen LogP contribution in [-0.4, -0.2) is 52.6 Å². The molecular weight excluding hydrogens is 548 g/mol. The molecule has 14 heteroatoms. The van der Waals surface area contributed by atoms with Crippen molar-refractivity contribution >= 4 is 19.8 Å². The zero-order valence-electron chi connectivity index (χ0n) is 22.3. The molecule has 0 spiro atoms. The van der Waals surface area contributed by atoms with Crippen molar-refractivity contribution in [3.63, 3.8) is 0 Å². The summed E-state index contributed by atoms with van der Waals surface area (Å²) < 4.78 is 48.7. The number of nitrogens with zero attached hydrogens (tertiary/aromatic N) is 1. The van der Waals surface area contributed by atoms with Crippen LogP contribution in [0, 0.1) is 0 Å². The van der Waals surface area contributed by atoms with Crippen LogP contribution in [0.25, 0.3) is 6.08 Å². The Morgan fingerprint density at radius 2 is 2.08 bits per heavy atom. The molecule has 1 aromatic heterocycles. The molecule has 0 saturated carbocycles. The van der Waals surface area contributed by atoms with Gasteiger partial charge in [0.15, 0.2) is 0 Å². The van der Waals surface area contributed by atoms with Crippen LogP contribution in [0.3, 0.4) is 0 Å². The van der Waals surface area contributed by atoms with Gasteiger partial charge in [-0.05, 0) is 44.4 Å². The molecule has 218 valence electrons. The van der Waals surface area contributed by atoms with Crippen molar-refractivity contribution in [2.45, 2.75) is 57.6 Å². The first kappa shape index (κ1) is 31.2. The fourth-order valence-corrected chi connectivity index (χ4v) is 5.30. The van der Waals surface area contributed by atoms with Crippen molar-refractivity contribution in [3.05, 3.63) is 80.9 Å². The van der Waals surface area contributed by atoms with Gasteiger partial charge in [0.05, 0.1) is 31.7 Å². The van der Waals surface area contributed by atoms with Gasteiger partial charge in [-0.2, -0.15) is 5.09 Å². The quantitative estimate of drug-likeness (QED) is 0.237. The largest absolute Gasteiger partial charge is 0.468 e. The summed E-state index contributed by atoms with van der Waals surface area (Å²) in [6.45, 7) is 2.64. The molecule has 2 aromatic rings. The average molecular weight is 582 g/mol. The first-order chi connectivity index (χ1) is 19.0. The molecule has 12 nitrogen and oxygen atoms in total. The Balaban J connectivity index is 1.73. The number of benzene rings is 1. The number of rotatable bonds is 13. The van der Waals surface area contributed by atoms with Crippen molar-refractivity contribution in [1.29, 1.82) is 0 Å². The standard InChI is InChI=1S/C26H33FN3O9P/c1-17(14-27)9-7-8-10-19-15-30(26(34)28-24(19)32)23-13-21(31)22(38-23)16-37-40(35,29-18(2)25(33)36-3)39-20-11-5-4-6-12-20/h4-6,8,10-12,14-15,18,21-23,31H,7,9,13,16H2,1-3H3,(H,29,35)(H,28,32,34)/b10-8+,17-14-/t18-,21?,22?,23?,40?/m0/s1. The number of hydrogen-bond acceptors (Lipinski definition) is 9. The lowest BCUT2D eigenvalue weighted by Crippen LogP contribution is -2.36. The number of nitrogens with one attached hydrogen (secondary N) is 2. The highest BCUT2D eigenvalue weighted by Gasteiger charge is 2.39. The van der Waals surface area contributed by atoms with Crippen molar-refractivity contribution in [1.82, 2.24) is 14.6 Å². The van der Waals surface area contributed by atoms with Crippen LogP contribution in [-0.2, 0) is 23.4 Å². The van der Waals surface area contributed by atoms with E-state index < -0.39 is 56.0 Å². The van der Waals surface area contributed by atoms with Gasteiger partial charge < -0.3 is 19.1 Å². The first-order valence-electron chi connectivity index (χ1n) is 12.5. The molecule has 40 heavy (non-hydrogen) atoms. The van der Waals surface area contributed by atoms with E-state index in [0.717, 1.165) is 4.57 Å². The number of methoxy groups -OCH3 is 1.